The fourth-order valence-electron chi connectivity index (χ4n) is 4.76. The lowest BCUT2D eigenvalue weighted by Gasteiger charge is -2.42. The summed E-state index contributed by atoms with van der Waals surface area (Å²) in [5, 5.41) is 4.40. The van der Waals surface area contributed by atoms with Gasteiger partial charge in [0, 0.05) is 37.0 Å². The quantitative estimate of drug-likeness (QED) is 0.789. The molecule has 4 fully saturated rings. The van der Waals surface area contributed by atoms with Gasteiger partial charge in [0.25, 0.3) is 5.91 Å². The van der Waals surface area contributed by atoms with Crippen molar-refractivity contribution in [1.29, 1.82) is 0 Å². The van der Waals surface area contributed by atoms with Gasteiger partial charge in [0.2, 0.25) is 0 Å². The minimum atomic E-state index is -0.700. The predicted molar refractivity (Wildman–Crippen MR) is 96.8 cm³/mol. The molecule has 2 aromatic rings. The van der Waals surface area contributed by atoms with E-state index in [9.17, 15) is 4.79 Å². The van der Waals surface area contributed by atoms with Crippen molar-refractivity contribution in [3.63, 3.8) is 0 Å². The molecule has 2 saturated carbocycles. The number of amides is 1. The zero-order valence-electron chi connectivity index (χ0n) is 15.6. The highest BCUT2D eigenvalue weighted by Gasteiger charge is 2.63. The molecule has 4 aliphatic rings. The summed E-state index contributed by atoms with van der Waals surface area (Å²) in [6.45, 7) is 0.539. The molecule has 2 aromatic heterocycles. The molecular weight excluding hydrogens is 358 g/mol. The lowest BCUT2D eigenvalue weighted by Crippen LogP contribution is -2.54. The Bertz CT molecular complexity index is 890. The number of fused-ring (bicyclic) bond motifs is 1. The summed E-state index contributed by atoms with van der Waals surface area (Å²) in [5.74, 6) is 0.0899. The number of carbonyl (C=O) groups excluding carboxylic acids is 1. The molecule has 0 aromatic carbocycles. The van der Waals surface area contributed by atoms with Gasteiger partial charge in [-0.15, -0.1) is 0 Å². The summed E-state index contributed by atoms with van der Waals surface area (Å²) < 4.78 is 14.3. The van der Waals surface area contributed by atoms with Crippen molar-refractivity contribution in [3.8, 4) is 0 Å². The maximum Gasteiger partial charge on any atom is 0.257 e. The van der Waals surface area contributed by atoms with E-state index >= 15 is 0 Å². The molecule has 2 aliphatic heterocycles. The third kappa shape index (κ3) is 2.58. The Kier molecular flexibility index (Phi) is 3.61. The maximum atomic E-state index is 13.2. The third-order valence-electron chi connectivity index (χ3n) is 6.42. The minimum absolute atomic E-state index is 0.0289. The lowest BCUT2D eigenvalue weighted by molar-refractivity contribution is -0.177. The Balaban J connectivity index is 1.08. The molecule has 0 bridgehead atoms. The van der Waals surface area contributed by atoms with Crippen LogP contribution in [0.15, 0.2) is 31.0 Å². The van der Waals surface area contributed by atoms with E-state index in [0.717, 1.165) is 24.1 Å². The second kappa shape index (κ2) is 6.09. The molecule has 1 unspecified atom stereocenters. The van der Waals surface area contributed by atoms with E-state index in [4.69, 9.17) is 9.47 Å². The lowest BCUT2D eigenvalue weighted by atomic mass is 9.76. The van der Waals surface area contributed by atoms with Crippen LogP contribution in [-0.2, 0) is 20.9 Å². The molecule has 0 N–H and O–H groups in total. The zero-order valence-corrected chi connectivity index (χ0v) is 15.6. The fraction of sp³-hybridized carbons (Fsp3) is 0.600. The highest BCUT2D eigenvalue weighted by Crippen LogP contribution is 2.51. The van der Waals surface area contributed by atoms with E-state index in [-0.39, 0.29) is 24.3 Å². The summed E-state index contributed by atoms with van der Waals surface area (Å²) in [7, 11) is 0. The first-order chi connectivity index (χ1) is 13.7. The van der Waals surface area contributed by atoms with E-state index in [1.165, 1.54) is 12.8 Å². The third-order valence-corrected chi connectivity index (χ3v) is 6.42. The van der Waals surface area contributed by atoms with Gasteiger partial charge in [-0.05, 0) is 25.7 Å². The predicted octanol–water partition coefficient (Wildman–Crippen LogP) is 2.15. The molecule has 6 rings (SSSR count). The summed E-state index contributed by atoms with van der Waals surface area (Å²) in [6, 6.07) is 0.555. The first-order valence-corrected chi connectivity index (χ1v) is 10.1. The molecule has 2 atom stereocenters. The number of ether oxygens (including phenoxy) is 2. The average Bonchev–Trinajstić information content (AvgIpc) is 3.17. The number of aromatic nitrogens is 4. The van der Waals surface area contributed by atoms with Crippen LogP contribution in [0.3, 0.4) is 0 Å². The Morgan fingerprint density at radius 1 is 1.18 bits per heavy atom. The molecule has 8 heteroatoms. The average molecular weight is 381 g/mol. The van der Waals surface area contributed by atoms with Gasteiger partial charge >= 0.3 is 0 Å². The smallest absolute Gasteiger partial charge is 0.257 e. The number of hydrogen-bond donors (Lipinski definition) is 0. The minimum Gasteiger partial charge on any atom is -0.373 e. The van der Waals surface area contributed by atoms with Crippen molar-refractivity contribution in [2.24, 2.45) is 0 Å². The molecule has 2 saturated heterocycles. The van der Waals surface area contributed by atoms with Crippen molar-refractivity contribution in [3.05, 3.63) is 42.2 Å². The van der Waals surface area contributed by atoms with Crippen molar-refractivity contribution >= 4 is 5.91 Å². The van der Waals surface area contributed by atoms with Crippen LogP contribution in [0.25, 0.3) is 0 Å². The number of carbonyl (C=O) groups is 1. The van der Waals surface area contributed by atoms with Crippen LogP contribution < -0.4 is 0 Å². The Labute approximate surface area is 162 Å². The maximum absolute atomic E-state index is 13.2. The molecule has 2 aliphatic carbocycles. The molecule has 4 heterocycles. The zero-order chi connectivity index (χ0) is 18.7. The SMILES string of the molecule is O=C1N2C(CC[C@H]2c2cnccn2)OC12CC(OCc1cnn(C3CC3)c1)C2. The molecule has 1 spiro atoms. The van der Waals surface area contributed by atoms with Gasteiger partial charge in [0.15, 0.2) is 5.60 Å². The van der Waals surface area contributed by atoms with Crippen molar-refractivity contribution in [1.82, 2.24) is 24.6 Å². The highest BCUT2D eigenvalue weighted by atomic mass is 16.6. The monoisotopic (exact) mass is 381 g/mol. The van der Waals surface area contributed by atoms with E-state index < -0.39 is 5.60 Å². The van der Waals surface area contributed by atoms with Gasteiger partial charge in [-0.2, -0.15) is 5.10 Å². The van der Waals surface area contributed by atoms with Gasteiger partial charge in [0.1, 0.15) is 6.23 Å². The van der Waals surface area contributed by atoms with Gasteiger partial charge < -0.3 is 14.4 Å². The summed E-state index contributed by atoms with van der Waals surface area (Å²) in [5.41, 5.74) is 1.24. The fourth-order valence-corrected chi connectivity index (χ4v) is 4.76. The molecule has 0 radical (unpaired) electrons. The standard InChI is InChI=1S/C20H23N5O3/c26-19-20(28-18-4-3-17(25(18)19)16-10-21-5-6-22-16)7-15(8-20)27-12-13-9-23-24(11-13)14-1-2-14/h5-6,9-11,14-15,17-18H,1-4,7-8,12H2/t15?,17-,18?,20?/m0/s1. The van der Waals surface area contributed by atoms with E-state index in [2.05, 4.69) is 21.3 Å². The highest BCUT2D eigenvalue weighted by molar-refractivity contribution is 5.89. The van der Waals surface area contributed by atoms with Gasteiger partial charge in [-0.1, -0.05) is 0 Å². The van der Waals surface area contributed by atoms with E-state index in [1.807, 2.05) is 15.8 Å². The van der Waals surface area contributed by atoms with Crippen LogP contribution in [0.4, 0.5) is 0 Å². The summed E-state index contributed by atoms with van der Waals surface area (Å²) in [4.78, 5) is 23.6. The van der Waals surface area contributed by atoms with Crippen molar-refractivity contribution in [2.45, 2.75) is 75.1 Å². The van der Waals surface area contributed by atoms with Crippen molar-refractivity contribution in [2.75, 3.05) is 0 Å². The topological polar surface area (TPSA) is 82.4 Å². The summed E-state index contributed by atoms with van der Waals surface area (Å²) in [6.07, 6.45) is 14.4. The first kappa shape index (κ1) is 16.6. The Morgan fingerprint density at radius 2 is 2.07 bits per heavy atom. The molecule has 28 heavy (non-hydrogen) atoms. The van der Waals surface area contributed by atoms with Crippen LogP contribution in [0.5, 0.6) is 0 Å². The number of rotatable bonds is 5. The second-order valence-corrected chi connectivity index (χ2v) is 8.40. The van der Waals surface area contributed by atoms with E-state index in [1.54, 1.807) is 18.6 Å². The summed E-state index contributed by atoms with van der Waals surface area (Å²) >= 11 is 0. The van der Waals surface area contributed by atoms with E-state index in [0.29, 0.717) is 25.5 Å². The van der Waals surface area contributed by atoms with Crippen LogP contribution in [0, 0.1) is 0 Å². The van der Waals surface area contributed by atoms with Crippen LogP contribution in [0.1, 0.15) is 61.9 Å². The molecular formula is C20H23N5O3. The van der Waals surface area contributed by atoms with Gasteiger partial charge in [-0.3, -0.25) is 19.4 Å². The first-order valence-electron chi connectivity index (χ1n) is 10.1. The van der Waals surface area contributed by atoms with Crippen LogP contribution in [0.2, 0.25) is 0 Å². The largest absolute Gasteiger partial charge is 0.373 e. The second-order valence-electron chi connectivity index (χ2n) is 8.40. The molecule has 8 nitrogen and oxygen atoms in total. The normalized spacial score (nSPS) is 34.1. The Hall–Kier alpha value is -2.32. The van der Waals surface area contributed by atoms with Crippen molar-refractivity contribution < 1.29 is 14.3 Å². The van der Waals surface area contributed by atoms with Crippen LogP contribution >= 0.6 is 0 Å². The molecule has 146 valence electrons. The number of hydrogen-bond acceptors (Lipinski definition) is 6. The van der Waals surface area contributed by atoms with Gasteiger partial charge in [-0.25, -0.2) is 0 Å². The molecule has 1 amide bonds. The number of nitrogens with zero attached hydrogens (tertiary/aromatic N) is 5. The van der Waals surface area contributed by atoms with Crippen LogP contribution in [-0.4, -0.2) is 48.5 Å². The van der Waals surface area contributed by atoms with Gasteiger partial charge in [0.05, 0.1) is 42.9 Å². The Morgan fingerprint density at radius 3 is 2.86 bits per heavy atom.